The number of hydrogen-bond donors (Lipinski definition) is 1. The number of benzene rings is 1. The van der Waals surface area contributed by atoms with Gasteiger partial charge in [-0.15, -0.1) is 11.8 Å². The van der Waals surface area contributed by atoms with Gasteiger partial charge in [-0.25, -0.2) is 4.79 Å². The van der Waals surface area contributed by atoms with Crippen LogP contribution in [-0.2, 0) is 11.2 Å². The number of rotatable bonds is 3. The summed E-state index contributed by atoms with van der Waals surface area (Å²) >= 11 is 1.48. The molecule has 1 N–H and O–H groups in total. The van der Waals surface area contributed by atoms with Crippen LogP contribution in [0.1, 0.15) is 22.8 Å². The predicted molar refractivity (Wildman–Crippen MR) is 70.7 cm³/mol. The highest BCUT2D eigenvalue weighted by Gasteiger charge is 2.35. The largest absolute Gasteiger partial charge is 0.480 e. The lowest BCUT2D eigenvalue weighted by molar-refractivity contribution is -0.140. The van der Waals surface area contributed by atoms with E-state index < -0.39 is 12.0 Å². The molecule has 1 amide bonds. The molecule has 0 aliphatic carbocycles. The van der Waals surface area contributed by atoms with E-state index in [0.717, 1.165) is 12.0 Å². The number of thioether (sulfide) groups is 1. The van der Waals surface area contributed by atoms with Gasteiger partial charge in [0.1, 0.15) is 6.04 Å². The second-order valence-electron chi connectivity index (χ2n) is 4.14. The first-order valence-corrected chi connectivity index (χ1v) is 7.00. The Labute approximate surface area is 110 Å². The summed E-state index contributed by atoms with van der Waals surface area (Å²) < 4.78 is 0. The first kappa shape index (κ1) is 13.0. The maximum Gasteiger partial charge on any atom is 0.327 e. The van der Waals surface area contributed by atoms with Crippen LogP contribution in [0.5, 0.6) is 0 Å². The molecule has 0 bridgehead atoms. The third-order valence-corrected chi connectivity index (χ3v) is 4.07. The topological polar surface area (TPSA) is 57.6 Å². The van der Waals surface area contributed by atoms with E-state index in [1.165, 1.54) is 16.7 Å². The minimum atomic E-state index is -0.928. The number of nitrogens with zero attached hydrogens (tertiary/aromatic N) is 1. The highest BCUT2D eigenvalue weighted by atomic mass is 32.2. The van der Waals surface area contributed by atoms with Crippen molar-refractivity contribution in [3.8, 4) is 0 Å². The second-order valence-corrected chi connectivity index (χ2v) is 5.14. The molecule has 5 heteroatoms. The third-order valence-electron chi connectivity index (χ3n) is 3.06. The fourth-order valence-corrected chi connectivity index (χ4v) is 3.18. The van der Waals surface area contributed by atoms with E-state index in [0.29, 0.717) is 17.2 Å². The average molecular weight is 265 g/mol. The minimum absolute atomic E-state index is 0.176. The molecule has 1 aromatic rings. The second kappa shape index (κ2) is 5.44. The van der Waals surface area contributed by atoms with Gasteiger partial charge in [-0.2, -0.15) is 0 Å². The summed E-state index contributed by atoms with van der Waals surface area (Å²) in [7, 11) is 0. The molecule has 1 saturated heterocycles. The molecule has 1 fully saturated rings. The smallest absolute Gasteiger partial charge is 0.327 e. The molecule has 4 nitrogen and oxygen atoms in total. The van der Waals surface area contributed by atoms with E-state index >= 15 is 0 Å². The van der Waals surface area contributed by atoms with E-state index in [4.69, 9.17) is 5.11 Å². The molecular weight excluding hydrogens is 250 g/mol. The number of aryl methyl sites for hydroxylation is 1. The van der Waals surface area contributed by atoms with Crippen molar-refractivity contribution in [1.29, 1.82) is 0 Å². The number of aliphatic carboxylic acids is 1. The monoisotopic (exact) mass is 265 g/mol. The molecule has 1 atom stereocenters. The van der Waals surface area contributed by atoms with Gasteiger partial charge < -0.3 is 10.0 Å². The van der Waals surface area contributed by atoms with Gasteiger partial charge in [0.2, 0.25) is 0 Å². The maximum absolute atomic E-state index is 12.4. The van der Waals surface area contributed by atoms with E-state index in [1.54, 1.807) is 6.07 Å². The SMILES string of the molecule is CCc1ccccc1C(=O)N1CSC[C@@H]1C(=O)O. The molecule has 0 saturated carbocycles. The highest BCUT2D eigenvalue weighted by molar-refractivity contribution is 7.99. The standard InChI is InChI=1S/C13H15NO3S/c1-2-9-5-3-4-6-10(9)12(15)14-8-18-7-11(14)13(16)17/h3-6,11H,2,7-8H2,1H3,(H,16,17)/t11-/m1/s1. The first-order valence-electron chi connectivity index (χ1n) is 5.84. The maximum atomic E-state index is 12.4. The summed E-state index contributed by atoms with van der Waals surface area (Å²) in [5.74, 6) is -0.185. The Morgan fingerprint density at radius 2 is 2.17 bits per heavy atom. The van der Waals surface area contributed by atoms with E-state index in [-0.39, 0.29) is 5.91 Å². The molecule has 18 heavy (non-hydrogen) atoms. The lowest BCUT2D eigenvalue weighted by atomic mass is 10.0. The lowest BCUT2D eigenvalue weighted by Crippen LogP contribution is -2.42. The molecule has 1 aliphatic heterocycles. The van der Waals surface area contributed by atoms with Gasteiger partial charge in [-0.05, 0) is 18.1 Å². The van der Waals surface area contributed by atoms with Crippen LogP contribution in [0, 0.1) is 0 Å². The van der Waals surface area contributed by atoms with Crippen LogP contribution >= 0.6 is 11.8 Å². The van der Waals surface area contributed by atoms with Crippen molar-refractivity contribution in [3.63, 3.8) is 0 Å². The summed E-state index contributed by atoms with van der Waals surface area (Å²) in [5.41, 5.74) is 1.58. The van der Waals surface area contributed by atoms with Crippen molar-refractivity contribution in [2.45, 2.75) is 19.4 Å². The van der Waals surface area contributed by atoms with Gasteiger partial charge in [-0.3, -0.25) is 4.79 Å². The van der Waals surface area contributed by atoms with E-state index in [2.05, 4.69) is 0 Å². The number of carbonyl (C=O) groups excluding carboxylic acids is 1. The summed E-state index contributed by atoms with van der Waals surface area (Å²) in [6.45, 7) is 1.99. The summed E-state index contributed by atoms with van der Waals surface area (Å²) in [5, 5.41) is 9.10. The van der Waals surface area contributed by atoms with Crippen molar-refractivity contribution in [1.82, 2.24) is 4.90 Å². The van der Waals surface area contributed by atoms with Crippen LogP contribution in [-0.4, -0.2) is 39.6 Å². The molecule has 1 heterocycles. The Kier molecular flexibility index (Phi) is 3.91. The summed E-state index contributed by atoms with van der Waals surface area (Å²) in [4.78, 5) is 24.9. The van der Waals surface area contributed by atoms with Crippen molar-refractivity contribution in [2.24, 2.45) is 0 Å². The Morgan fingerprint density at radius 3 is 2.83 bits per heavy atom. The van der Waals surface area contributed by atoms with Crippen molar-refractivity contribution in [2.75, 3.05) is 11.6 Å². The van der Waals surface area contributed by atoms with Crippen molar-refractivity contribution >= 4 is 23.6 Å². The van der Waals surface area contributed by atoms with Crippen LogP contribution in [0.3, 0.4) is 0 Å². The predicted octanol–water partition coefficient (Wildman–Crippen LogP) is 1.85. The molecular formula is C13H15NO3S. The number of carbonyl (C=O) groups is 2. The highest BCUT2D eigenvalue weighted by Crippen LogP contribution is 2.24. The first-order chi connectivity index (χ1) is 8.65. The third kappa shape index (κ3) is 2.36. The molecule has 2 rings (SSSR count). The summed E-state index contributed by atoms with van der Waals surface area (Å²) in [6, 6.07) is 6.68. The Balaban J connectivity index is 2.28. The molecule has 0 spiro atoms. The van der Waals surface area contributed by atoms with Crippen LogP contribution in [0.25, 0.3) is 0 Å². The van der Waals surface area contributed by atoms with Crippen LogP contribution in [0.4, 0.5) is 0 Å². The Bertz CT molecular complexity index is 475. The fourth-order valence-electron chi connectivity index (χ4n) is 2.04. The normalized spacial score (nSPS) is 18.9. The molecule has 1 aliphatic rings. The molecule has 1 aromatic carbocycles. The van der Waals surface area contributed by atoms with Crippen molar-refractivity contribution < 1.29 is 14.7 Å². The van der Waals surface area contributed by atoms with Gasteiger partial charge in [0.25, 0.3) is 5.91 Å². The average Bonchev–Trinajstić information content (AvgIpc) is 2.87. The van der Waals surface area contributed by atoms with Gasteiger partial charge in [-0.1, -0.05) is 25.1 Å². The molecule has 96 valence electrons. The van der Waals surface area contributed by atoms with E-state index in [1.807, 2.05) is 25.1 Å². The van der Waals surface area contributed by atoms with Crippen LogP contribution < -0.4 is 0 Å². The van der Waals surface area contributed by atoms with Gasteiger partial charge in [0.15, 0.2) is 0 Å². The number of carboxylic acid groups (broad SMARTS) is 1. The van der Waals surface area contributed by atoms with E-state index in [9.17, 15) is 9.59 Å². The quantitative estimate of drug-likeness (QED) is 0.906. The van der Waals surface area contributed by atoms with Gasteiger partial charge in [0, 0.05) is 11.3 Å². The number of carboxylic acids is 1. The van der Waals surface area contributed by atoms with Gasteiger partial charge >= 0.3 is 5.97 Å². The zero-order valence-electron chi connectivity index (χ0n) is 10.1. The van der Waals surface area contributed by atoms with Crippen molar-refractivity contribution in [3.05, 3.63) is 35.4 Å². The molecule has 0 radical (unpaired) electrons. The van der Waals surface area contributed by atoms with Gasteiger partial charge in [0.05, 0.1) is 5.88 Å². The molecule has 0 unspecified atom stereocenters. The zero-order valence-corrected chi connectivity index (χ0v) is 10.9. The number of hydrogen-bond acceptors (Lipinski definition) is 3. The number of amides is 1. The Morgan fingerprint density at radius 1 is 1.44 bits per heavy atom. The molecule has 0 aromatic heterocycles. The lowest BCUT2D eigenvalue weighted by Gasteiger charge is -2.21. The minimum Gasteiger partial charge on any atom is -0.480 e. The Hall–Kier alpha value is -1.49. The summed E-state index contributed by atoms with van der Waals surface area (Å²) in [6.07, 6.45) is 0.765. The fraction of sp³-hybridized carbons (Fsp3) is 0.385. The van der Waals surface area contributed by atoms with Crippen LogP contribution in [0.15, 0.2) is 24.3 Å². The van der Waals surface area contributed by atoms with Crippen LogP contribution in [0.2, 0.25) is 0 Å². The zero-order chi connectivity index (χ0) is 13.1.